The average Bonchev–Trinajstić information content (AvgIpc) is 2.88. The number of anilines is 2. The summed E-state index contributed by atoms with van der Waals surface area (Å²) in [4.78, 5) is 29.4. The van der Waals surface area contributed by atoms with Crippen molar-refractivity contribution in [1.82, 2.24) is 4.90 Å². The molecule has 0 unspecified atom stereocenters. The number of methoxy groups -OCH3 is 1. The zero-order valence-corrected chi connectivity index (χ0v) is 20.5. The molecule has 1 saturated heterocycles. The van der Waals surface area contributed by atoms with Crippen molar-refractivity contribution in [3.8, 4) is 11.5 Å². The second kappa shape index (κ2) is 11.1. The molecule has 1 aliphatic heterocycles. The number of carbonyl (C=O) groups excluding carboxylic acids is 2. The number of nitrogens with one attached hydrogen (secondary N) is 1. The van der Waals surface area contributed by atoms with Crippen LogP contribution in [0, 0.1) is 6.92 Å². The van der Waals surface area contributed by atoms with Crippen molar-refractivity contribution in [2.75, 3.05) is 50.1 Å². The first-order valence-corrected chi connectivity index (χ1v) is 11.8. The molecule has 0 radical (unpaired) electrons. The van der Waals surface area contributed by atoms with Crippen LogP contribution in [0.1, 0.15) is 15.9 Å². The maximum atomic E-state index is 12.9. The van der Waals surface area contributed by atoms with E-state index in [1.807, 2.05) is 42.2 Å². The molecule has 4 rings (SSSR count). The van der Waals surface area contributed by atoms with Gasteiger partial charge >= 0.3 is 0 Å². The van der Waals surface area contributed by atoms with Gasteiger partial charge in [0.05, 0.1) is 23.5 Å². The van der Waals surface area contributed by atoms with Gasteiger partial charge in [0.25, 0.3) is 11.8 Å². The van der Waals surface area contributed by atoms with E-state index in [1.165, 1.54) is 0 Å². The molecule has 2 amide bonds. The van der Waals surface area contributed by atoms with E-state index in [2.05, 4.69) is 10.2 Å². The molecule has 0 bridgehead atoms. The highest BCUT2D eigenvalue weighted by Crippen LogP contribution is 2.34. The van der Waals surface area contributed by atoms with Crippen molar-refractivity contribution >= 4 is 34.8 Å². The Hall–Kier alpha value is -3.71. The number of hydrogen-bond donors (Lipinski definition) is 1. The van der Waals surface area contributed by atoms with E-state index in [0.717, 1.165) is 11.3 Å². The fraction of sp³-hybridized carbons (Fsp3) is 0.259. The Balaban J connectivity index is 1.37. The van der Waals surface area contributed by atoms with Gasteiger partial charge in [-0.3, -0.25) is 9.59 Å². The largest absolute Gasteiger partial charge is 0.497 e. The first-order chi connectivity index (χ1) is 16.9. The van der Waals surface area contributed by atoms with Crippen molar-refractivity contribution in [3.05, 3.63) is 82.9 Å². The van der Waals surface area contributed by atoms with Crippen molar-refractivity contribution in [2.24, 2.45) is 0 Å². The summed E-state index contributed by atoms with van der Waals surface area (Å²) in [7, 11) is 1.59. The van der Waals surface area contributed by atoms with Crippen molar-refractivity contribution in [1.29, 1.82) is 0 Å². The second-order valence-electron chi connectivity index (χ2n) is 8.29. The van der Waals surface area contributed by atoms with E-state index in [9.17, 15) is 9.59 Å². The highest BCUT2D eigenvalue weighted by molar-refractivity contribution is 6.34. The Bertz CT molecular complexity index is 1170. The molecule has 0 aromatic heterocycles. The number of nitrogens with zero attached hydrogens (tertiary/aromatic N) is 2. The van der Waals surface area contributed by atoms with E-state index >= 15 is 0 Å². The predicted octanol–water partition coefficient (Wildman–Crippen LogP) is 4.64. The van der Waals surface area contributed by atoms with Crippen molar-refractivity contribution in [2.45, 2.75) is 6.92 Å². The summed E-state index contributed by atoms with van der Waals surface area (Å²) in [6.07, 6.45) is 0. The van der Waals surface area contributed by atoms with Gasteiger partial charge in [0.2, 0.25) is 0 Å². The zero-order chi connectivity index (χ0) is 24.8. The maximum Gasteiger partial charge on any atom is 0.262 e. The van der Waals surface area contributed by atoms with E-state index in [4.69, 9.17) is 21.1 Å². The fourth-order valence-corrected chi connectivity index (χ4v) is 4.25. The van der Waals surface area contributed by atoms with E-state index in [0.29, 0.717) is 54.0 Å². The minimum absolute atomic E-state index is 0.0213. The molecule has 7 nitrogen and oxygen atoms in total. The Morgan fingerprint density at radius 2 is 1.57 bits per heavy atom. The number of hydrogen-bond acceptors (Lipinski definition) is 5. The molecule has 1 aliphatic rings. The Kier molecular flexibility index (Phi) is 7.77. The van der Waals surface area contributed by atoms with Crippen LogP contribution in [0.4, 0.5) is 11.4 Å². The summed E-state index contributed by atoms with van der Waals surface area (Å²) < 4.78 is 10.7. The number of ether oxygens (including phenoxy) is 2. The van der Waals surface area contributed by atoms with Crippen molar-refractivity contribution < 1.29 is 19.1 Å². The van der Waals surface area contributed by atoms with Crippen LogP contribution in [0.5, 0.6) is 11.5 Å². The lowest BCUT2D eigenvalue weighted by Gasteiger charge is -2.37. The molecule has 0 spiro atoms. The Morgan fingerprint density at radius 3 is 2.23 bits per heavy atom. The minimum Gasteiger partial charge on any atom is -0.497 e. The summed E-state index contributed by atoms with van der Waals surface area (Å²) in [6, 6.07) is 20.0. The number of benzene rings is 3. The zero-order valence-electron chi connectivity index (χ0n) is 19.8. The van der Waals surface area contributed by atoms with Gasteiger partial charge in [-0.2, -0.15) is 0 Å². The molecule has 3 aromatic carbocycles. The van der Waals surface area contributed by atoms with Gasteiger partial charge in [-0.25, -0.2) is 0 Å². The molecule has 35 heavy (non-hydrogen) atoms. The number of amides is 2. The van der Waals surface area contributed by atoms with Crippen LogP contribution in [-0.2, 0) is 4.79 Å². The highest BCUT2D eigenvalue weighted by atomic mass is 35.5. The van der Waals surface area contributed by atoms with E-state index in [1.54, 1.807) is 43.5 Å². The third kappa shape index (κ3) is 6.05. The molecular weight excluding hydrogens is 466 g/mol. The molecular formula is C27H28ClN3O4. The fourth-order valence-electron chi connectivity index (χ4n) is 3.96. The average molecular weight is 494 g/mol. The van der Waals surface area contributed by atoms with Crippen LogP contribution in [-0.4, -0.2) is 56.6 Å². The molecule has 1 fully saturated rings. The van der Waals surface area contributed by atoms with Crippen LogP contribution in [0.15, 0.2) is 66.7 Å². The predicted molar refractivity (Wildman–Crippen MR) is 138 cm³/mol. The summed E-state index contributed by atoms with van der Waals surface area (Å²) >= 11 is 6.54. The van der Waals surface area contributed by atoms with Gasteiger partial charge in [-0.05, 0) is 55.5 Å². The molecule has 0 atom stereocenters. The van der Waals surface area contributed by atoms with Crippen LogP contribution in [0.3, 0.4) is 0 Å². The lowest BCUT2D eigenvalue weighted by molar-refractivity contribution is -0.118. The van der Waals surface area contributed by atoms with Crippen LogP contribution < -0.4 is 19.7 Å². The van der Waals surface area contributed by atoms with Crippen LogP contribution in [0.25, 0.3) is 0 Å². The molecule has 182 valence electrons. The molecule has 1 heterocycles. The van der Waals surface area contributed by atoms with Gasteiger partial charge in [-0.1, -0.05) is 35.4 Å². The van der Waals surface area contributed by atoms with Gasteiger partial charge in [0, 0.05) is 31.7 Å². The topological polar surface area (TPSA) is 71.1 Å². The third-order valence-corrected chi connectivity index (χ3v) is 6.18. The quantitative estimate of drug-likeness (QED) is 0.519. The number of carbonyl (C=O) groups is 2. The second-order valence-corrected chi connectivity index (χ2v) is 8.70. The van der Waals surface area contributed by atoms with Gasteiger partial charge in [0.1, 0.15) is 11.5 Å². The number of piperazine rings is 1. The Morgan fingerprint density at radius 1 is 0.914 bits per heavy atom. The third-order valence-electron chi connectivity index (χ3n) is 5.87. The molecule has 3 aromatic rings. The molecule has 0 aliphatic carbocycles. The monoisotopic (exact) mass is 493 g/mol. The first-order valence-electron chi connectivity index (χ1n) is 11.4. The number of rotatable bonds is 7. The van der Waals surface area contributed by atoms with Crippen LogP contribution in [0.2, 0.25) is 5.02 Å². The smallest absolute Gasteiger partial charge is 0.262 e. The van der Waals surface area contributed by atoms with Gasteiger partial charge in [0.15, 0.2) is 6.61 Å². The SMILES string of the molecule is COc1ccc(OCC(=O)Nc2cccc(Cl)c2N2CCN(C(=O)c3ccc(C)cc3)CC2)cc1. The summed E-state index contributed by atoms with van der Waals surface area (Å²) in [5, 5.41) is 3.45. The lowest BCUT2D eigenvalue weighted by atomic mass is 10.1. The molecule has 0 saturated carbocycles. The standard InChI is InChI=1S/C27H28ClN3O4/c1-19-6-8-20(9-7-19)27(33)31-16-14-30(15-17-31)26-23(28)4-3-5-24(26)29-25(32)18-35-22-12-10-21(34-2)11-13-22/h3-13H,14-18H2,1-2H3,(H,29,32). The van der Waals surface area contributed by atoms with E-state index in [-0.39, 0.29) is 18.4 Å². The molecule has 1 N–H and O–H groups in total. The summed E-state index contributed by atoms with van der Waals surface area (Å²) in [5.41, 5.74) is 3.16. The minimum atomic E-state index is -0.294. The Labute approximate surface area is 210 Å². The lowest BCUT2D eigenvalue weighted by Crippen LogP contribution is -2.49. The maximum absolute atomic E-state index is 12.9. The molecule has 8 heteroatoms. The van der Waals surface area contributed by atoms with Crippen LogP contribution >= 0.6 is 11.6 Å². The number of halogens is 1. The summed E-state index contributed by atoms with van der Waals surface area (Å²) in [6.45, 7) is 4.19. The van der Waals surface area contributed by atoms with Gasteiger partial charge < -0.3 is 24.6 Å². The normalized spacial score (nSPS) is 13.3. The first kappa shape index (κ1) is 24.4. The number of aryl methyl sites for hydroxylation is 1. The summed E-state index contributed by atoms with van der Waals surface area (Å²) in [5.74, 6) is 1.01. The highest BCUT2D eigenvalue weighted by Gasteiger charge is 2.25. The van der Waals surface area contributed by atoms with E-state index < -0.39 is 0 Å². The van der Waals surface area contributed by atoms with Crippen molar-refractivity contribution in [3.63, 3.8) is 0 Å². The number of para-hydroxylation sites is 1. The van der Waals surface area contributed by atoms with Gasteiger partial charge in [-0.15, -0.1) is 0 Å².